The van der Waals surface area contributed by atoms with Crippen LogP contribution in [0.4, 0.5) is 11.4 Å². The molecule has 0 aromatic heterocycles. The molecule has 106 valence electrons. The lowest BCUT2D eigenvalue weighted by molar-refractivity contribution is 0.590. The molecule has 1 aromatic carbocycles. The van der Waals surface area contributed by atoms with E-state index in [9.17, 15) is 0 Å². The molecule has 0 aliphatic carbocycles. The smallest absolute Gasteiger partial charge is 0.185 e. The van der Waals surface area contributed by atoms with E-state index in [0.29, 0.717) is 17.9 Å². The number of hydrogen-bond donors (Lipinski definition) is 5. The highest BCUT2D eigenvalue weighted by Crippen LogP contribution is 2.35. The second-order valence-electron chi connectivity index (χ2n) is 5.42. The van der Waals surface area contributed by atoms with Crippen LogP contribution in [0.5, 0.6) is 0 Å². The Balaban J connectivity index is 2.78. The summed E-state index contributed by atoms with van der Waals surface area (Å²) in [6.45, 7) is 7.00. The van der Waals surface area contributed by atoms with Crippen molar-refractivity contribution >= 4 is 29.1 Å². The van der Waals surface area contributed by atoms with E-state index < -0.39 is 0 Å². The zero-order chi connectivity index (χ0) is 14.6. The van der Waals surface area contributed by atoms with Crippen molar-refractivity contribution in [2.45, 2.75) is 31.1 Å². The SMILES string of the molecule is CC(C)(C)c1cc(N)c(SCCNC(=N)N)c(N)c1. The van der Waals surface area contributed by atoms with Crippen molar-refractivity contribution in [2.75, 3.05) is 23.8 Å². The largest absolute Gasteiger partial charge is 0.398 e. The van der Waals surface area contributed by atoms with Crippen LogP contribution in [0, 0.1) is 5.41 Å². The Kier molecular flexibility index (Phi) is 4.94. The van der Waals surface area contributed by atoms with Gasteiger partial charge in [0.15, 0.2) is 5.96 Å². The van der Waals surface area contributed by atoms with Gasteiger partial charge in [-0.05, 0) is 23.1 Å². The molecule has 8 N–H and O–H groups in total. The monoisotopic (exact) mass is 281 g/mol. The van der Waals surface area contributed by atoms with Gasteiger partial charge in [0.2, 0.25) is 0 Å². The Labute approximate surface area is 118 Å². The fourth-order valence-electron chi connectivity index (χ4n) is 1.61. The number of guanidine groups is 1. The predicted molar refractivity (Wildman–Crippen MR) is 84.6 cm³/mol. The quantitative estimate of drug-likeness (QED) is 0.189. The average molecular weight is 281 g/mol. The van der Waals surface area contributed by atoms with E-state index in [4.69, 9.17) is 22.6 Å². The Morgan fingerprint density at radius 2 is 1.79 bits per heavy atom. The van der Waals surface area contributed by atoms with Gasteiger partial charge in [0.25, 0.3) is 0 Å². The minimum absolute atomic E-state index is 0.0235. The second kappa shape index (κ2) is 6.06. The molecule has 0 unspecified atom stereocenters. The van der Waals surface area contributed by atoms with Crippen LogP contribution in [0.2, 0.25) is 0 Å². The van der Waals surface area contributed by atoms with Crippen molar-refractivity contribution in [3.8, 4) is 0 Å². The van der Waals surface area contributed by atoms with Crippen molar-refractivity contribution in [3.63, 3.8) is 0 Å². The number of nitrogens with one attached hydrogen (secondary N) is 2. The summed E-state index contributed by atoms with van der Waals surface area (Å²) in [5.41, 5.74) is 19.9. The maximum atomic E-state index is 7.07. The van der Waals surface area contributed by atoms with E-state index in [2.05, 4.69) is 26.1 Å². The first-order valence-corrected chi connectivity index (χ1v) is 7.10. The first-order chi connectivity index (χ1) is 8.71. The van der Waals surface area contributed by atoms with E-state index in [1.807, 2.05) is 12.1 Å². The lowest BCUT2D eigenvalue weighted by Gasteiger charge is -2.21. The molecule has 0 aliphatic rings. The molecule has 1 aromatic rings. The summed E-state index contributed by atoms with van der Waals surface area (Å²) >= 11 is 1.57. The minimum atomic E-state index is -0.0235. The highest BCUT2D eigenvalue weighted by atomic mass is 32.2. The lowest BCUT2D eigenvalue weighted by Crippen LogP contribution is -2.31. The summed E-state index contributed by atoms with van der Waals surface area (Å²) in [6.07, 6.45) is 0. The Morgan fingerprint density at radius 3 is 2.21 bits per heavy atom. The normalized spacial score (nSPS) is 11.3. The van der Waals surface area contributed by atoms with E-state index >= 15 is 0 Å². The molecule has 0 heterocycles. The Bertz CT molecular complexity index is 442. The maximum absolute atomic E-state index is 7.07. The first-order valence-electron chi connectivity index (χ1n) is 6.12. The summed E-state index contributed by atoms with van der Waals surface area (Å²) in [6, 6.07) is 3.97. The third-order valence-electron chi connectivity index (χ3n) is 2.68. The van der Waals surface area contributed by atoms with Gasteiger partial charge in [-0.3, -0.25) is 5.41 Å². The van der Waals surface area contributed by atoms with Gasteiger partial charge in [-0.25, -0.2) is 0 Å². The van der Waals surface area contributed by atoms with Crippen molar-refractivity contribution in [1.29, 1.82) is 5.41 Å². The first kappa shape index (κ1) is 15.5. The fourth-order valence-corrected chi connectivity index (χ4v) is 2.47. The molecule has 6 heteroatoms. The molecule has 19 heavy (non-hydrogen) atoms. The van der Waals surface area contributed by atoms with Gasteiger partial charge in [-0.15, -0.1) is 11.8 Å². The highest BCUT2D eigenvalue weighted by molar-refractivity contribution is 7.99. The van der Waals surface area contributed by atoms with Crippen LogP contribution in [0.15, 0.2) is 17.0 Å². The van der Waals surface area contributed by atoms with Crippen LogP contribution in [0.3, 0.4) is 0 Å². The highest BCUT2D eigenvalue weighted by Gasteiger charge is 2.17. The zero-order valence-corrected chi connectivity index (χ0v) is 12.5. The van der Waals surface area contributed by atoms with Crippen LogP contribution in [-0.4, -0.2) is 18.3 Å². The van der Waals surface area contributed by atoms with Crippen molar-refractivity contribution in [3.05, 3.63) is 17.7 Å². The number of rotatable bonds is 4. The van der Waals surface area contributed by atoms with Gasteiger partial charge >= 0.3 is 0 Å². The van der Waals surface area contributed by atoms with Crippen molar-refractivity contribution in [1.82, 2.24) is 5.32 Å². The molecule has 0 radical (unpaired) electrons. The molecule has 0 fully saturated rings. The van der Waals surface area contributed by atoms with Crippen molar-refractivity contribution < 1.29 is 0 Å². The van der Waals surface area contributed by atoms with Crippen LogP contribution in [0.1, 0.15) is 26.3 Å². The molecule has 0 saturated carbocycles. The van der Waals surface area contributed by atoms with Gasteiger partial charge in [0.05, 0.1) is 4.90 Å². The molecule has 1 rings (SSSR count). The van der Waals surface area contributed by atoms with Crippen LogP contribution in [0.25, 0.3) is 0 Å². The summed E-state index contributed by atoms with van der Waals surface area (Å²) in [7, 11) is 0. The molecule has 5 nitrogen and oxygen atoms in total. The molecule has 0 atom stereocenters. The summed E-state index contributed by atoms with van der Waals surface area (Å²) in [4.78, 5) is 0.901. The minimum Gasteiger partial charge on any atom is -0.398 e. The molecule has 0 amide bonds. The second-order valence-corrected chi connectivity index (χ2v) is 6.53. The van der Waals surface area contributed by atoms with Crippen LogP contribution < -0.4 is 22.5 Å². The van der Waals surface area contributed by atoms with Gasteiger partial charge in [-0.1, -0.05) is 20.8 Å². The number of nitrogens with two attached hydrogens (primary N) is 3. The van der Waals surface area contributed by atoms with Gasteiger partial charge in [0.1, 0.15) is 0 Å². The number of hydrogen-bond acceptors (Lipinski definition) is 4. The van der Waals surface area contributed by atoms with Gasteiger partial charge in [-0.2, -0.15) is 0 Å². The zero-order valence-electron chi connectivity index (χ0n) is 11.7. The summed E-state index contributed by atoms with van der Waals surface area (Å²) < 4.78 is 0. The predicted octanol–water partition coefficient (Wildman–Crippen LogP) is 1.72. The topological polar surface area (TPSA) is 114 Å². The van der Waals surface area contributed by atoms with E-state index in [0.717, 1.165) is 16.2 Å². The number of nitrogen functional groups attached to an aromatic ring is 2. The Morgan fingerprint density at radius 1 is 1.26 bits per heavy atom. The number of benzene rings is 1. The van der Waals surface area contributed by atoms with Crippen LogP contribution >= 0.6 is 11.8 Å². The summed E-state index contributed by atoms with van der Waals surface area (Å²) in [5.74, 6) is 0.729. The molecular formula is C13H23N5S. The van der Waals surface area contributed by atoms with E-state index in [1.54, 1.807) is 11.8 Å². The van der Waals surface area contributed by atoms with Gasteiger partial charge in [0, 0.05) is 23.7 Å². The Hall–Kier alpha value is -1.56. The fraction of sp³-hybridized carbons (Fsp3) is 0.462. The molecule has 0 aliphatic heterocycles. The molecule has 0 saturated heterocycles. The van der Waals surface area contributed by atoms with Crippen LogP contribution in [-0.2, 0) is 5.41 Å². The third-order valence-corrected chi connectivity index (χ3v) is 3.84. The molecular weight excluding hydrogens is 258 g/mol. The van der Waals surface area contributed by atoms with Crippen molar-refractivity contribution in [2.24, 2.45) is 5.73 Å². The molecule has 0 spiro atoms. The average Bonchev–Trinajstić information content (AvgIpc) is 2.25. The third kappa shape index (κ3) is 4.55. The maximum Gasteiger partial charge on any atom is 0.185 e. The summed E-state index contributed by atoms with van der Waals surface area (Å²) in [5, 5.41) is 9.82. The number of thioether (sulfide) groups is 1. The van der Waals surface area contributed by atoms with E-state index in [-0.39, 0.29) is 11.4 Å². The van der Waals surface area contributed by atoms with Gasteiger partial charge < -0.3 is 22.5 Å². The standard InChI is InChI=1S/C13H23N5S/c1-13(2,3)8-6-9(14)11(10(15)7-8)19-5-4-18-12(16)17/h6-7H,4-5,14-15H2,1-3H3,(H4,16,17,18). The lowest BCUT2D eigenvalue weighted by atomic mass is 9.86. The van der Waals surface area contributed by atoms with E-state index in [1.165, 1.54) is 0 Å². The number of anilines is 2. The molecule has 0 bridgehead atoms.